The molecular weight excluding hydrogens is 494 g/mol. The number of thioether (sulfide) groups is 1. The molecule has 5 rings (SSSR count). The number of imidazole rings is 1. The minimum atomic E-state index is -1.25. The van der Waals surface area contributed by atoms with Crippen LogP contribution in [0.5, 0.6) is 0 Å². The fourth-order valence-electron chi connectivity index (χ4n) is 4.00. The number of aromatic nitrogens is 2. The minimum absolute atomic E-state index is 0.133. The zero-order chi connectivity index (χ0) is 24.2. The number of rotatable bonds is 4. The van der Waals surface area contributed by atoms with Crippen LogP contribution in [0.3, 0.4) is 0 Å². The zero-order valence-corrected chi connectivity index (χ0v) is 20.7. The van der Waals surface area contributed by atoms with E-state index in [9.17, 15) is 14.6 Å². The maximum atomic E-state index is 14.8. The summed E-state index contributed by atoms with van der Waals surface area (Å²) in [5.41, 5.74) is 2.65. The first-order chi connectivity index (χ1) is 16.1. The molecule has 1 unspecified atom stereocenters. The largest absolute Gasteiger partial charge is 0.387 e. The maximum absolute atomic E-state index is 14.8. The van der Waals surface area contributed by atoms with E-state index in [0.29, 0.717) is 22.2 Å². The van der Waals surface area contributed by atoms with Gasteiger partial charge in [-0.15, -0.1) is 11.8 Å². The summed E-state index contributed by atoms with van der Waals surface area (Å²) in [5, 5.41) is 21.3. The second kappa shape index (κ2) is 8.70. The van der Waals surface area contributed by atoms with E-state index in [1.807, 2.05) is 30.3 Å². The summed E-state index contributed by atoms with van der Waals surface area (Å²) in [5.74, 6) is 0.384. The van der Waals surface area contributed by atoms with Crippen molar-refractivity contribution < 1.29 is 14.6 Å². The van der Waals surface area contributed by atoms with Crippen LogP contribution in [0, 0.1) is 5.82 Å². The fourth-order valence-corrected chi connectivity index (χ4v) is 5.62. The molecule has 2 heterocycles. The summed E-state index contributed by atoms with van der Waals surface area (Å²) in [4.78, 5) is 5.58. The smallest absolute Gasteiger partial charge is 0.149 e. The van der Waals surface area contributed by atoms with E-state index in [4.69, 9.17) is 23.2 Å². The molecule has 0 spiro atoms. The van der Waals surface area contributed by atoms with E-state index in [1.165, 1.54) is 12.1 Å². The molecule has 0 aliphatic carbocycles. The third-order valence-electron chi connectivity index (χ3n) is 5.83. The van der Waals surface area contributed by atoms with Gasteiger partial charge in [0.15, 0.2) is 0 Å². The first-order valence-corrected chi connectivity index (χ1v) is 12.4. The first-order valence-electron chi connectivity index (χ1n) is 10.6. The van der Waals surface area contributed by atoms with Gasteiger partial charge in [-0.1, -0.05) is 47.5 Å². The van der Waals surface area contributed by atoms with Gasteiger partial charge >= 0.3 is 0 Å². The van der Waals surface area contributed by atoms with Crippen molar-refractivity contribution in [2.45, 2.75) is 30.4 Å². The number of hydrogen-bond acceptors (Lipinski definition) is 4. The monoisotopic (exact) mass is 514 g/mol. The highest BCUT2D eigenvalue weighted by molar-refractivity contribution is 7.99. The van der Waals surface area contributed by atoms with Crippen LogP contribution in [0.25, 0.3) is 28.2 Å². The van der Waals surface area contributed by atoms with Crippen LogP contribution < -0.4 is 0 Å². The maximum Gasteiger partial charge on any atom is 0.149 e. The standard InChI is InChI=1S/C26H21Cl2FN2O2S/c1-26(2,33)23-12-31(25(30-23)24-17(27)4-3-5-19(24)29)20-9-7-14(10-18(20)28)15-6-8-16-21(32)13-34-22(16)11-15/h3-12,21,32-33H,13H2,1-2H3. The van der Waals surface area contributed by atoms with Crippen LogP contribution in [-0.2, 0) is 5.60 Å². The van der Waals surface area contributed by atoms with Crippen molar-refractivity contribution in [3.8, 4) is 28.2 Å². The van der Waals surface area contributed by atoms with E-state index >= 15 is 0 Å². The molecule has 1 aliphatic rings. The molecule has 1 aromatic heterocycles. The third-order valence-corrected chi connectivity index (χ3v) is 7.59. The SMILES string of the molecule is CC(C)(O)c1cn(-c2ccc(-c3ccc4c(c3)SCC4O)cc2Cl)c(-c2c(F)cccc2Cl)n1. The van der Waals surface area contributed by atoms with Crippen LogP contribution in [-0.4, -0.2) is 25.5 Å². The Morgan fingerprint density at radius 3 is 2.50 bits per heavy atom. The molecule has 0 saturated carbocycles. The number of halogens is 3. The Morgan fingerprint density at radius 1 is 1.06 bits per heavy atom. The van der Waals surface area contributed by atoms with E-state index in [1.54, 1.807) is 42.4 Å². The summed E-state index contributed by atoms with van der Waals surface area (Å²) in [6.45, 7) is 3.22. The molecule has 0 fully saturated rings. The fraction of sp³-hybridized carbons (Fsp3) is 0.192. The van der Waals surface area contributed by atoms with Crippen LogP contribution >= 0.6 is 35.0 Å². The molecule has 34 heavy (non-hydrogen) atoms. The number of aliphatic hydroxyl groups is 2. The molecule has 1 aliphatic heterocycles. The Morgan fingerprint density at radius 2 is 1.79 bits per heavy atom. The molecule has 2 N–H and O–H groups in total. The van der Waals surface area contributed by atoms with Gasteiger partial charge in [0.1, 0.15) is 17.2 Å². The topological polar surface area (TPSA) is 58.3 Å². The van der Waals surface area contributed by atoms with E-state index in [-0.39, 0.29) is 16.4 Å². The van der Waals surface area contributed by atoms with Crippen LogP contribution in [0.1, 0.15) is 31.2 Å². The Balaban J connectivity index is 1.63. The van der Waals surface area contributed by atoms with Gasteiger partial charge in [0.2, 0.25) is 0 Å². The highest BCUT2D eigenvalue weighted by Crippen LogP contribution is 2.41. The normalized spacial score (nSPS) is 15.6. The van der Waals surface area contributed by atoms with Crippen LogP contribution in [0.2, 0.25) is 10.0 Å². The van der Waals surface area contributed by atoms with Crippen LogP contribution in [0.4, 0.5) is 4.39 Å². The highest BCUT2D eigenvalue weighted by Gasteiger charge is 2.26. The van der Waals surface area contributed by atoms with E-state index < -0.39 is 17.5 Å². The summed E-state index contributed by atoms with van der Waals surface area (Å²) in [6.07, 6.45) is 1.21. The number of benzene rings is 3. The van der Waals surface area contributed by atoms with Gasteiger partial charge in [-0.25, -0.2) is 9.37 Å². The Hall–Kier alpha value is -2.35. The number of hydrogen-bond donors (Lipinski definition) is 2. The first kappa shape index (κ1) is 23.4. The predicted octanol–water partition coefficient (Wildman–Crippen LogP) is 7.02. The highest BCUT2D eigenvalue weighted by atomic mass is 35.5. The van der Waals surface area contributed by atoms with Crippen molar-refractivity contribution in [3.05, 3.63) is 87.9 Å². The second-order valence-electron chi connectivity index (χ2n) is 8.72. The molecule has 8 heteroatoms. The van der Waals surface area contributed by atoms with Crippen molar-refractivity contribution in [3.63, 3.8) is 0 Å². The average molecular weight is 515 g/mol. The molecule has 3 aromatic carbocycles. The van der Waals surface area contributed by atoms with E-state index in [0.717, 1.165) is 21.6 Å². The number of nitrogens with zero attached hydrogens (tertiary/aromatic N) is 2. The van der Waals surface area contributed by atoms with Gasteiger partial charge in [0, 0.05) is 16.8 Å². The molecule has 0 radical (unpaired) electrons. The van der Waals surface area contributed by atoms with Crippen LogP contribution in [0.15, 0.2) is 65.7 Å². The zero-order valence-electron chi connectivity index (χ0n) is 18.4. The van der Waals surface area contributed by atoms with Crippen molar-refractivity contribution in [2.24, 2.45) is 0 Å². The molecule has 174 valence electrons. The lowest BCUT2D eigenvalue weighted by molar-refractivity contribution is 0.0743. The Kier molecular flexibility index (Phi) is 5.99. The Labute approximate surface area is 211 Å². The number of aliphatic hydroxyl groups excluding tert-OH is 1. The summed E-state index contributed by atoms with van der Waals surface area (Å²) in [7, 11) is 0. The third kappa shape index (κ3) is 4.14. The summed E-state index contributed by atoms with van der Waals surface area (Å²) in [6, 6.07) is 16.0. The lowest BCUT2D eigenvalue weighted by atomic mass is 10.0. The van der Waals surface area contributed by atoms with Gasteiger partial charge in [-0.2, -0.15) is 0 Å². The Bertz CT molecular complexity index is 1390. The molecule has 4 aromatic rings. The van der Waals surface area contributed by atoms with Crippen molar-refractivity contribution in [2.75, 3.05) is 5.75 Å². The predicted molar refractivity (Wildman–Crippen MR) is 135 cm³/mol. The summed E-state index contributed by atoms with van der Waals surface area (Å²) < 4.78 is 16.5. The molecule has 0 bridgehead atoms. The van der Waals surface area contributed by atoms with Gasteiger partial charge in [-0.05, 0) is 60.9 Å². The quantitative estimate of drug-likeness (QED) is 0.307. The number of fused-ring (bicyclic) bond motifs is 1. The van der Waals surface area contributed by atoms with Crippen molar-refractivity contribution in [1.29, 1.82) is 0 Å². The van der Waals surface area contributed by atoms with Gasteiger partial charge in [0.25, 0.3) is 0 Å². The van der Waals surface area contributed by atoms with E-state index in [2.05, 4.69) is 11.1 Å². The minimum Gasteiger partial charge on any atom is -0.387 e. The lowest BCUT2D eigenvalue weighted by Gasteiger charge is -2.14. The van der Waals surface area contributed by atoms with Gasteiger partial charge in [-0.3, -0.25) is 4.57 Å². The lowest BCUT2D eigenvalue weighted by Crippen LogP contribution is -2.15. The van der Waals surface area contributed by atoms with Crippen molar-refractivity contribution in [1.82, 2.24) is 9.55 Å². The van der Waals surface area contributed by atoms with Crippen molar-refractivity contribution >= 4 is 35.0 Å². The molecule has 1 atom stereocenters. The summed E-state index contributed by atoms with van der Waals surface area (Å²) >= 11 is 14.7. The average Bonchev–Trinajstić information content (AvgIpc) is 3.38. The molecular formula is C26H21Cl2FN2O2S. The molecule has 4 nitrogen and oxygen atoms in total. The second-order valence-corrected chi connectivity index (χ2v) is 10.6. The van der Waals surface area contributed by atoms with Gasteiger partial charge in [0.05, 0.1) is 33.1 Å². The molecule has 0 saturated heterocycles. The molecule has 0 amide bonds. The van der Waals surface area contributed by atoms with Gasteiger partial charge < -0.3 is 10.2 Å².